The number of benzene rings is 2. The Morgan fingerprint density at radius 3 is 2.47 bits per heavy atom. The van der Waals surface area contributed by atoms with Crippen LogP contribution in [-0.2, 0) is 10.0 Å². The number of nitrogens with one attached hydrogen (secondary N) is 1. The molecular formula is C27H31N3O5S. The van der Waals surface area contributed by atoms with Crippen LogP contribution >= 0.6 is 0 Å². The molecule has 3 aromatic rings. The molecule has 36 heavy (non-hydrogen) atoms. The van der Waals surface area contributed by atoms with E-state index in [1.807, 2.05) is 26.0 Å². The van der Waals surface area contributed by atoms with Gasteiger partial charge < -0.3 is 14.8 Å². The van der Waals surface area contributed by atoms with E-state index in [1.54, 1.807) is 47.0 Å². The van der Waals surface area contributed by atoms with Crippen LogP contribution in [0.25, 0.3) is 0 Å². The standard InChI is InChI=1S/C27H31N3O5S/c1-3-34-25-15-10-20(18-26(25)35-4-2)27(31)29-22-11-13-23(14-12-22)36(32,33)30-17-6-5-9-24(30)21-8-7-16-28-19-21/h7-8,10-16,18-19,24H,3-6,9,17H2,1-2H3,(H,29,31)/t24-/m1/s1. The Morgan fingerprint density at radius 2 is 1.78 bits per heavy atom. The second-order valence-electron chi connectivity index (χ2n) is 8.42. The first-order valence-electron chi connectivity index (χ1n) is 12.2. The summed E-state index contributed by atoms with van der Waals surface area (Å²) in [5.41, 5.74) is 1.80. The van der Waals surface area contributed by atoms with Crippen LogP contribution in [0.4, 0.5) is 5.69 Å². The van der Waals surface area contributed by atoms with Gasteiger partial charge in [-0.3, -0.25) is 9.78 Å². The van der Waals surface area contributed by atoms with E-state index in [9.17, 15) is 13.2 Å². The van der Waals surface area contributed by atoms with Crippen molar-refractivity contribution in [3.8, 4) is 11.5 Å². The zero-order chi connectivity index (χ0) is 25.5. The van der Waals surface area contributed by atoms with Gasteiger partial charge in [0.25, 0.3) is 5.91 Å². The van der Waals surface area contributed by atoms with Gasteiger partial charge in [0, 0.05) is 30.2 Å². The summed E-state index contributed by atoms with van der Waals surface area (Å²) in [5.74, 6) is 0.744. The van der Waals surface area contributed by atoms with Gasteiger partial charge in [-0.2, -0.15) is 4.31 Å². The number of carbonyl (C=O) groups is 1. The smallest absolute Gasteiger partial charge is 0.255 e. The van der Waals surface area contributed by atoms with E-state index >= 15 is 0 Å². The third kappa shape index (κ3) is 5.68. The first-order valence-corrected chi connectivity index (χ1v) is 13.6. The fraction of sp³-hybridized carbons (Fsp3) is 0.333. The van der Waals surface area contributed by atoms with Crippen LogP contribution in [0.5, 0.6) is 11.5 Å². The first kappa shape index (κ1) is 25.7. The maximum Gasteiger partial charge on any atom is 0.255 e. The molecule has 1 fully saturated rings. The van der Waals surface area contributed by atoms with Crippen LogP contribution in [-0.4, -0.2) is 43.4 Å². The van der Waals surface area contributed by atoms with Crippen LogP contribution < -0.4 is 14.8 Å². The molecule has 1 atom stereocenters. The van der Waals surface area contributed by atoms with E-state index in [1.165, 1.54) is 12.1 Å². The van der Waals surface area contributed by atoms with Crippen molar-refractivity contribution in [1.29, 1.82) is 0 Å². The third-order valence-corrected chi connectivity index (χ3v) is 7.97. The van der Waals surface area contributed by atoms with Crippen molar-refractivity contribution >= 4 is 21.6 Å². The molecule has 1 saturated heterocycles. The molecule has 2 aromatic carbocycles. The van der Waals surface area contributed by atoms with Crippen LogP contribution in [0.15, 0.2) is 71.9 Å². The third-order valence-electron chi connectivity index (χ3n) is 6.05. The van der Waals surface area contributed by atoms with E-state index < -0.39 is 10.0 Å². The molecule has 0 spiro atoms. The number of hydrogen-bond acceptors (Lipinski definition) is 6. The van der Waals surface area contributed by atoms with Crippen molar-refractivity contribution in [3.63, 3.8) is 0 Å². The zero-order valence-electron chi connectivity index (χ0n) is 20.5. The summed E-state index contributed by atoms with van der Waals surface area (Å²) >= 11 is 0. The molecule has 9 heteroatoms. The lowest BCUT2D eigenvalue weighted by Gasteiger charge is -2.34. The SMILES string of the molecule is CCOc1ccc(C(=O)Nc2ccc(S(=O)(=O)N3CCCC[C@@H]3c3cccnc3)cc2)cc1OCC. The van der Waals surface area contributed by atoms with Gasteiger partial charge >= 0.3 is 0 Å². The molecule has 1 amide bonds. The van der Waals surface area contributed by atoms with E-state index in [0.29, 0.717) is 42.5 Å². The number of rotatable bonds is 9. The predicted octanol–water partition coefficient (Wildman–Crippen LogP) is 5.05. The number of sulfonamides is 1. The summed E-state index contributed by atoms with van der Waals surface area (Å²) in [5, 5.41) is 2.82. The number of ether oxygens (including phenoxy) is 2. The van der Waals surface area contributed by atoms with Crippen molar-refractivity contribution < 1.29 is 22.7 Å². The molecule has 0 radical (unpaired) electrons. The minimum atomic E-state index is -3.72. The quantitative estimate of drug-likeness (QED) is 0.434. The van der Waals surface area contributed by atoms with Gasteiger partial charge in [0.2, 0.25) is 10.0 Å². The van der Waals surface area contributed by atoms with E-state index in [2.05, 4.69) is 10.3 Å². The molecule has 190 valence electrons. The van der Waals surface area contributed by atoms with Crippen molar-refractivity contribution in [2.45, 2.75) is 44.0 Å². The highest BCUT2D eigenvalue weighted by molar-refractivity contribution is 7.89. The number of piperidine rings is 1. The molecule has 0 unspecified atom stereocenters. The largest absolute Gasteiger partial charge is 0.490 e. The maximum atomic E-state index is 13.5. The number of hydrogen-bond donors (Lipinski definition) is 1. The van der Waals surface area contributed by atoms with Crippen LogP contribution in [0.1, 0.15) is 55.1 Å². The number of amides is 1. The normalized spacial score (nSPS) is 16.3. The van der Waals surface area contributed by atoms with Crippen molar-refractivity contribution in [2.24, 2.45) is 0 Å². The Labute approximate surface area is 212 Å². The molecule has 2 heterocycles. The molecule has 8 nitrogen and oxygen atoms in total. The Balaban J connectivity index is 1.50. The fourth-order valence-electron chi connectivity index (χ4n) is 4.34. The summed E-state index contributed by atoms with van der Waals surface area (Å²) < 4.78 is 39.7. The minimum absolute atomic E-state index is 0.191. The lowest BCUT2D eigenvalue weighted by molar-refractivity contribution is 0.102. The fourth-order valence-corrected chi connectivity index (χ4v) is 6.02. The highest BCUT2D eigenvalue weighted by Crippen LogP contribution is 2.35. The Bertz CT molecular complexity index is 1280. The predicted molar refractivity (Wildman–Crippen MR) is 138 cm³/mol. The average Bonchev–Trinajstić information content (AvgIpc) is 2.91. The lowest BCUT2D eigenvalue weighted by atomic mass is 9.99. The van der Waals surface area contributed by atoms with Crippen LogP contribution in [0.2, 0.25) is 0 Å². The monoisotopic (exact) mass is 509 g/mol. The molecule has 4 rings (SSSR count). The van der Waals surface area contributed by atoms with Crippen molar-refractivity contribution in [3.05, 3.63) is 78.1 Å². The van der Waals surface area contributed by atoms with Gasteiger partial charge in [-0.05, 0) is 80.8 Å². The number of aromatic nitrogens is 1. The van der Waals surface area contributed by atoms with Gasteiger partial charge in [-0.25, -0.2) is 8.42 Å². The zero-order valence-corrected chi connectivity index (χ0v) is 21.3. The van der Waals surface area contributed by atoms with E-state index in [-0.39, 0.29) is 16.8 Å². The van der Waals surface area contributed by atoms with E-state index in [0.717, 1.165) is 24.8 Å². The summed E-state index contributed by atoms with van der Waals surface area (Å²) in [4.78, 5) is 17.2. The molecule has 1 aliphatic heterocycles. The molecule has 0 bridgehead atoms. The highest BCUT2D eigenvalue weighted by atomic mass is 32.2. The Kier molecular flexibility index (Phi) is 8.22. The second kappa shape index (κ2) is 11.5. The summed E-state index contributed by atoms with van der Waals surface area (Å²) in [6, 6.07) is 14.8. The highest BCUT2D eigenvalue weighted by Gasteiger charge is 2.34. The molecule has 1 aliphatic rings. The lowest BCUT2D eigenvalue weighted by Crippen LogP contribution is -2.38. The van der Waals surface area contributed by atoms with Gasteiger partial charge in [0.05, 0.1) is 24.2 Å². The van der Waals surface area contributed by atoms with Gasteiger partial charge in [-0.1, -0.05) is 12.5 Å². The minimum Gasteiger partial charge on any atom is -0.490 e. The summed E-state index contributed by atoms with van der Waals surface area (Å²) in [7, 11) is -3.72. The van der Waals surface area contributed by atoms with Crippen LogP contribution in [0.3, 0.4) is 0 Å². The van der Waals surface area contributed by atoms with Gasteiger partial charge in [0.1, 0.15) is 0 Å². The summed E-state index contributed by atoms with van der Waals surface area (Å²) in [6.45, 7) is 5.13. The molecule has 0 aliphatic carbocycles. The summed E-state index contributed by atoms with van der Waals surface area (Å²) in [6.07, 6.45) is 5.95. The first-order chi connectivity index (χ1) is 17.4. The average molecular weight is 510 g/mol. The number of pyridine rings is 1. The topological polar surface area (TPSA) is 97.8 Å². The Morgan fingerprint density at radius 1 is 1.03 bits per heavy atom. The number of carbonyl (C=O) groups excluding carboxylic acids is 1. The maximum absolute atomic E-state index is 13.5. The van der Waals surface area contributed by atoms with Gasteiger partial charge in [-0.15, -0.1) is 0 Å². The van der Waals surface area contributed by atoms with E-state index in [4.69, 9.17) is 9.47 Å². The number of anilines is 1. The molecule has 1 N–H and O–H groups in total. The molecular weight excluding hydrogens is 478 g/mol. The Hall–Kier alpha value is -3.43. The molecule has 1 aromatic heterocycles. The van der Waals surface area contributed by atoms with Gasteiger partial charge in [0.15, 0.2) is 11.5 Å². The van der Waals surface area contributed by atoms with Crippen molar-refractivity contribution in [1.82, 2.24) is 9.29 Å². The molecule has 0 saturated carbocycles. The number of nitrogens with zero attached hydrogens (tertiary/aromatic N) is 2. The second-order valence-corrected chi connectivity index (χ2v) is 10.3. The van der Waals surface area contributed by atoms with Crippen molar-refractivity contribution in [2.75, 3.05) is 25.1 Å². The van der Waals surface area contributed by atoms with Crippen LogP contribution in [0, 0.1) is 0 Å².